The zero-order valence-corrected chi connectivity index (χ0v) is 13.7. The Hall–Kier alpha value is -2.07. The monoisotopic (exact) mass is 315 g/mol. The molecule has 0 heterocycles. The first kappa shape index (κ1) is 24.9. The molecule has 22 heavy (non-hydrogen) atoms. The molecule has 0 fully saturated rings. The predicted molar refractivity (Wildman–Crippen MR) is 85.4 cm³/mol. The molecule has 7 heteroatoms. The molecule has 0 bridgehead atoms. The largest absolute Gasteiger partial charge is 0.478 e. The maximum Gasteiger partial charge on any atom is 0.331 e. The maximum absolute atomic E-state index is 10.3. The highest BCUT2D eigenvalue weighted by atomic mass is 16.4. The topological polar surface area (TPSA) is 150 Å². The fourth-order valence-corrected chi connectivity index (χ4v) is 1.32. The molecule has 0 radical (unpaired) electrons. The molecule has 1 aliphatic carbocycles. The van der Waals surface area contributed by atoms with E-state index >= 15 is 0 Å². The maximum atomic E-state index is 10.3. The molecule has 0 aromatic carbocycles. The number of rotatable bonds is 3. The number of allylic oxidation sites excluding steroid dienone is 1. The molecule has 0 aromatic rings. The molecular weight excluding hydrogens is 286 g/mol. The fraction of sp³-hybridized carbons (Fsp3) is 0.667. The van der Waals surface area contributed by atoms with E-state index in [1.54, 1.807) is 0 Å². The second-order valence-corrected chi connectivity index (χ2v) is 4.49. The number of nitriles is 1. The van der Waals surface area contributed by atoms with Crippen molar-refractivity contribution in [1.29, 1.82) is 5.26 Å². The Bertz CT molecular complexity index is 354. The van der Waals surface area contributed by atoms with Crippen LogP contribution in [0.15, 0.2) is 11.6 Å². The average molecular weight is 315 g/mol. The SMILES string of the molecule is CC(N)=O.CCC(O)CC.N#CN.O=C(O)C1=CCCCC1. The number of carbonyl (C=O) groups excluding carboxylic acids is 1. The Kier molecular flexibility index (Phi) is 21.4. The second-order valence-electron chi connectivity index (χ2n) is 4.49. The Labute approximate surface area is 132 Å². The summed E-state index contributed by atoms with van der Waals surface area (Å²) >= 11 is 0. The van der Waals surface area contributed by atoms with Gasteiger partial charge in [-0.1, -0.05) is 19.9 Å². The third-order valence-corrected chi connectivity index (χ3v) is 2.51. The first-order valence-electron chi connectivity index (χ1n) is 7.22. The van der Waals surface area contributed by atoms with Gasteiger partial charge in [0.1, 0.15) is 0 Å². The summed E-state index contributed by atoms with van der Waals surface area (Å²) in [6.07, 6.45) is 8.68. The number of aliphatic hydroxyl groups excluding tert-OH is 1. The first-order valence-corrected chi connectivity index (χ1v) is 7.22. The van der Waals surface area contributed by atoms with Crippen molar-refractivity contribution in [2.24, 2.45) is 11.5 Å². The lowest BCUT2D eigenvalue weighted by molar-refractivity contribution is -0.132. The average Bonchev–Trinajstić information content (AvgIpc) is 2.48. The van der Waals surface area contributed by atoms with E-state index in [0.717, 1.165) is 38.5 Å². The van der Waals surface area contributed by atoms with Gasteiger partial charge in [0.15, 0.2) is 6.19 Å². The Morgan fingerprint density at radius 1 is 1.36 bits per heavy atom. The number of nitrogens with zero attached hydrogens (tertiary/aromatic N) is 1. The summed E-state index contributed by atoms with van der Waals surface area (Å²) in [6, 6.07) is 0. The standard InChI is InChI=1S/C7H10O2.C5H12O.C2H5NO.CH2N2/c8-7(9)6-4-2-1-3-5-6;1-3-5(6)4-2;1-2(3)4;2-1-3/h4H,1-3,5H2,(H,8,9);5-6H,3-4H2,1-2H3;1H3,(H2,3,4);2H2. The zero-order chi connectivity index (χ0) is 18.0. The summed E-state index contributed by atoms with van der Waals surface area (Å²) in [5.41, 5.74) is 9.22. The number of hydrogen-bond donors (Lipinski definition) is 4. The van der Waals surface area contributed by atoms with Crippen LogP contribution in [0.1, 0.15) is 59.3 Å². The minimum atomic E-state index is -0.741. The summed E-state index contributed by atoms with van der Waals surface area (Å²) in [6.45, 7) is 5.27. The highest BCUT2D eigenvalue weighted by Crippen LogP contribution is 2.16. The molecule has 0 saturated carbocycles. The highest BCUT2D eigenvalue weighted by Gasteiger charge is 2.08. The summed E-state index contributed by atoms with van der Waals surface area (Å²) < 4.78 is 0. The number of primary amides is 1. The second kappa shape index (κ2) is 18.9. The molecule has 6 N–H and O–H groups in total. The minimum absolute atomic E-state index is 0.0648. The molecule has 1 aliphatic rings. The number of carbonyl (C=O) groups is 2. The predicted octanol–water partition coefficient (Wildman–Crippen LogP) is 1.66. The van der Waals surface area contributed by atoms with Crippen LogP contribution in [0.2, 0.25) is 0 Å². The molecule has 0 aliphatic heterocycles. The van der Waals surface area contributed by atoms with Crippen molar-refractivity contribution >= 4 is 11.9 Å². The van der Waals surface area contributed by atoms with Crippen molar-refractivity contribution in [3.63, 3.8) is 0 Å². The van der Waals surface area contributed by atoms with Crippen LogP contribution in [0.25, 0.3) is 0 Å². The van der Waals surface area contributed by atoms with Gasteiger partial charge in [-0.25, -0.2) is 4.79 Å². The fourth-order valence-electron chi connectivity index (χ4n) is 1.32. The summed E-state index contributed by atoms with van der Waals surface area (Å²) in [5.74, 6) is -1.07. The van der Waals surface area contributed by atoms with Crippen LogP contribution < -0.4 is 11.5 Å². The van der Waals surface area contributed by atoms with Gasteiger partial charge in [-0.15, -0.1) is 0 Å². The number of carboxylic acids is 1. The van der Waals surface area contributed by atoms with E-state index in [4.69, 9.17) is 15.5 Å². The van der Waals surface area contributed by atoms with Crippen molar-refractivity contribution in [3.8, 4) is 6.19 Å². The number of aliphatic carboxylic acids is 1. The van der Waals surface area contributed by atoms with Gasteiger partial charge in [-0.3, -0.25) is 4.79 Å². The highest BCUT2D eigenvalue weighted by molar-refractivity contribution is 5.86. The van der Waals surface area contributed by atoms with Crippen molar-refractivity contribution in [1.82, 2.24) is 0 Å². The lowest BCUT2D eigenvalue weighted by Gasteiger charge is -2.06. The van der Waals surface area contributed by atoms with Crippen LogP contribution in [0, 0.1) is 11.5 Å². The smallest absolute Gasteiger partial charge is 0.331 e. The molecule has 0 unspecified atom stereocenters. The van der Waals surface area contributed by atoms with Gasteiger partial charge in [-0.2, -0.15) is 5.26 Å². The number of nitrogens with two attached hydrogens (primary N) is 2. The summed E-state index contributed by atoms with van der Waals surface area (Å²) in [5, 5.41) is 24.2. The van der Waals surface area contributed by atoms with E-state index in [1.807, 2.05) is 19.9 Å². The van der Waals surface area contributed by atoms with E-state index in [9.17, 15) is 9.59 Å². The minimum Gasteiger partial charge on any atom is -0.478 e. The van der Waals surface area contributed by atoms with Gasteiger partial charge in [0.2, 0.25) is 5.91 Å². The Morgan fingerprint density at radius 2 is 1.77 bits per heavy atom. The van der Waals surface area contributed by atoms with Gasteiger partial charge in [0, 0.05) is 12.5 Å². The van der Waals surface area contributed by atoms with Crippen molar-refractivity contribution in [2.45, 2.75) is 65.4 Å². The van der Waals surface area contributed by atoms with Crippen LogP contribution in [0.4, 0.5) is 0 Å². The summed E-state index contributed by atoms with van der Waals surface area (Å²) in [4.78, 5) is 19.5. The van der Waals surface area contributed by atoms with Gasteiger partial charge in [0.05, 0.1) is 6.10 Å². The Morgan fingerprint density at radius 3 is 1.91 bits per heavy atom. The third-order valence-electron chi connectivity index (χ3n) is 2.51. The quantitative estimate of drug-likeness (QED) is 0.459. The molecule has 128 valence electrons. The van der Waals surface area contributed by atoms with Crippen LogP contribution >= 0.6 is 0 Å². The number of carboxylic acid groups (broad SMARTS) is 1. The van der Waals surface area contributed by atoms with Gasteiger partial charge in [-0.05, 0) is 38.5 Å². The lowest BCUT2D eigenvalue weighted by atomic mass is 10.0. The Balaban J connectivity index is -0.000000243. The van der Waals surface area contributed by atoms with E-state index in [-0.39, 0.29) is 12.0 Å². The third kappa shape index (κ3) is 26.5. The first-order chi connectivity index (χ1) is 10.3. The molecular formula is C15H29N3O4. The zero-order valence-electron chi connectivity index (χ0n) is 13.7. The van der Waals surface area contributed by atoms with Crippen molar-refractivity contribution in [3.05, 3.63) is 11.6 Å². The van der Waals surface area contributed by atoms with Crippen LogP contribution in [0.3, 0.4) is 0 Å². The van der Waals surface area contributed by atoms with Crippen LogP contribution in [0.5, 0.6) is 0 Å². The van der Waals surface area contributed by atoms with E-state index in [0.29, 0.717) is 5.57 Å². The molecule has 0 aromatic heterocycles. The number of aliphatic hydroxyl groups is 1. The lowest BCUT2D eigenvalue weighted by Crippen LogP contribution is -2.03. The van der Waals surface area contributed by atoms with E-state index in [2.05, 4.69) is 11.5 Å². The molecule has 1 rings (SSSR count). The van der Waals surface area contributed by atoms with Gasteiger partial charge < -0.3 is 21.7 Å². The molecule has 0 atom stereocenters. The van der Waals surface area contributed by atoms with Crippen LogP contribution in [-0.4, -0.2) is 28.2 Å². The van der Waals surface area contributed by atoms with Gasteiger partial charge in [0.25, 0.3) is 0 Å². The number of hydrogen-bond acceptors (Lipinski definition) is 5. The number of amides is 1. The molecule has 0 spiro atoms. The molecule has 7 nitrogen and oxygen atoms in total. The van der Waals surface area contributed by atoms with Crippen molar-refractivity contribution in [2.75, 3.05) is 0 Å². The van der Waals surface area contributed by atoms with Crippen LogP contribution in [-0.2, 0) is 9.59 Å². The normalized spacial score (nSPS) is 11.9. The summed E-state index contributed by atoms with van der Waals surface area (Å²) in [7, 11) is 0. The molecule has 1 amide bonds. The van der Waals surface area contributed by atoms with Crippen molar-refractivity contribution < 1.29 is 19.8 Å². The van der Waals surface area contributed by atoms with Gasteiger partial charge >= 0.3 is 5.97 Å². The van der Waals surface area contributed by atoms with E-state index in [1.165, 1.54) is 13.1 Å². The van der Waals surface area contributed by atoms with E-state index < -0.39 is 5.97 Å². The molecule has 0 saturated heterocycles.